The van der Waals surface area contributed by atoms with Crippen LogP contribution in [-0.4, -0.2) is 50.0 Å². The highest BCUT2D eigenvalue weighted by Gasteiger charge is 2.31. The van der Waals surface area contributed by atoms with Crippen molar-refractivity contribution < 1.29 is 18.0 Å². The summed E-state index contributed by atoms with van der Waals surface area (Å²) in [7, 11) is -3.72. The third kappa shape index (κ3) is 8.64. The quantitative estimate of drug-likeness (QED) is 0.280. The van der Waals surface area contributed by atoms with Crippen molar-refractivity contribution in [3.8, 4) is 0 Å². The van der Waals surface area contributed by atoms with Gasteiger partial charge in [-0.2, -0.15) is 0 Å². The third-order valence-electron chi connectivity index (χ3n) is 6.81. The predicted octanol–water partition coefficient (Wildman–Crippen LogP) is 6.71. The molecule has 1 atom stereocenters. The molecular formula is C27H33Cl4N3O4S. The summed E-state index contributed by atoms with van der Waals surface area (Å²) in [6, 6.07) is 9.00. The summed E-state index contributed by atoms with van der Waals surface area (Å²) < 4.78 is 26.3. The Labute approximate surface area is 250 Å². The molecule has 0 spiro atoms. The molecule has 0 aliphatic heterocycles. The topological polar surface area (TPSA) is 86.8 Å². The Morgan fingerprint density at radius 3 is 2.26 bits per heavy atom. The maximum Gasteiger partial charge on any atom is 0.243 e. The lowest BCUT2D eigenvalue weighted by Gasteiger charge is -2.32. The molecule has 1 aliphatic carbocycles. The summed E-state index contributed by atoms with van der Waals surface area (Å²) in [5.41, 5.74) is 0.783. The lowest BCUT2D eigenvalue weighted by molar-refractivity contribution is -0.141. The first-order valence-electron chi connectivity index (χ1n) is 12.9. The molecule has 1 fully saturated rings. The summed E-state index contributed by atoms with van der Waals surface area (Å²) in [5, 5.41) is 4.44. The number of hydrogen-bond donors (Lipinski definition) is 1. The molecule has 0 radical (unpaired) electrons. The number of carbonyl (C=O) groups is 2. The van der Waals surface area contributed by atoms with Crippen LogP contribution in [0.1, 0.15) is 57.4 Å². The van der Waals surface area contributed by atoms with Gasteiger partial charge < -0.3 is 10.2 Å². The number of carbonyl (C=O) groups excluding carboxylic acids is 2. The zero-order valence-electron chi connectivity index (χ0n) is 21.9. The Kier molecular flexibility index (Phi) is 11.6. The zero-order chi connectivity index (χ0) is 28.7. The SMILES string of the molecule is CC[C@@H](C(=O)NC1CCCC1)N(Cc1c(Cl)cccc1Cl)C(=O)CCCN(c1cc(Cl)ccc1Cl)S(C)(=O)=O. The van der Waals surface area contributed by atoms with Crippen molar-refractivity contribution in [2.75, 3.05) is 17.1 Å². The largest absolute Gasteiger partial charge is 0.352 e. The van der Waals surface area contributed by atoms with E-state index >= 15 is 0 Å². The molecule has 1 saturated carbocycles. The molecule has 2 aromatic carbocycles. The van der Waals surface area contributed by atoms with Gasteiger partial charge in [0.15, 0.2) is 0 Å². The highest BCUT2D eigenvalue weighted by molar-refractivity contribution is 7.92. The van der Waals surface area contributed by atoms with Crippen LogP contribution >= 0.6 is 46.4 Å². The Morgan fingerprint density at radius 2 is 1.67 bits per heavy atom. The second kappa shape index (κ2) is 14.3. The Hall–Kier alpha value is -1.71. The van der Waals surface area contributed by atoms with Crippen LogP contribution in [0.15, 0.2) is 36.4 Å². The maximum atomic E-state index is 13.6. The number of anilines is 1. The number of hydrogen-bond acceptors (Lipinski definition) is 4. The van der Waals surface area contributed by atoms with Crippen LogP contribution in [0.3, 0.4) is 0 Å². The van der Waals surface area contributed by atoms with E-state index in [1.165, 1.54) is 17.0 Å². The standard InChI is InChI=1S/C27H33Cl4N3O4S/c1-3-24(27(36)32-19-8-4-5-9-19)33(17-20-21(29)10-6-11-22(20)30)26(35)12-7-15-34(39(2,37)38)25-16-18(28)13-14-23(25)31/h6,10-11,13-14,16,19,24H,3-5,7-9,12,15,17H2,1-2H3,(H,32,36)/t24-/m0/s1. The molecule has 1 N–H and O–H groups in total. The van der Waals surface area contributed by atoms with Crippen molar-refractivity contribution in [1.82, 2.24) is 10.2 Å². The maximum absolute atomic E-state index is 13.6. The summed E-state index contributed by atoms with van der Waals surface area (Å²) in [6.45, 7) is 1.89. The molecule has 0 heterocycles. The fourth-order valence-electron chi connectivity index (χ4n) is 4.80. The second-order valence-corrected chi connectivity index (χ2v) is 13.2. The van der Waals surface area contributed by atoms with Crippen molar-refractivity contribution in [1.29, 1.82) is 0 Å². The number of halogens is 4. The fourth-order valence-corrected chi connectivity index (χ4v) is 6.72. The van der Waals surface area contributed by atoms with Crippen molar-refractivity contribution in [3.63, 3.8) is 0 Å². The number of nitrogens with zero attached hydrogens (tertiary/aromatic N) is 2. The summed E-state index contributed by atoms with van der Waals surface area (Å²) in [4.78, 5) is 28.5. The zero-order valence-corrected chi connectivity index (χ0v) is 25.8. The van der Waals surface area contributed by atoms with E-state index < -0.39 is 16.1 Å². The van der Waals surface area contributed by atoms with Gasteiger partial charge in [0.1, 0.15) is 6.04 Å². The molecule has 2 amide bonds. The van der Waals surface area contributed by atoms with Crippen molar-refractivity contribution >= 4 is 73.9 Å². The van der Waals surface area contributed by atoms with Crippen LogP contribution in [0.5, 0.6) is 0 Å². The van der Waals surface area contributed by atoms with Gasteiger partial charge in [0, 0.05) is 46.2 Å². The second-order valence-electron chi connectivity index (χ2n) is 9.67. The minimum absolute atomic E-state index is 0.00358. The molecule has 0 unspecified atom stereocenters. The molecule has 39 heavy (non-hydrogen) atoms. The highest BCUT2D eigenvalue weighted by Crippen LogP contribution is 2.31. The normalized spacial score (nSPS) is 14.7. The van der Waals surface area contributed by atoms with Crippen molar-refractivity contribution in [2.45, 2.75) is 70.5 Å². The number of sulfonamides is 1. The first-order valence-corrected chi connectivity index (χ1v) is 16.2. The van der Waals surface area contributed by atoms with E-state index in [0.29, 0.717) is 27.1 Å². The van der Waals surface area contributed by atoms with Gasteiger partial charge in [-0.15, -0.1) is 0 Å². The van der Waals surface area contributed by atoms with Crippen molar-refractivity contribution in [2.24, 2.45) is 0 Å². The third-order valence-corrected chi connectivity index (χ3v) is 9.25. The van der Waals surface area contributed by atoms with Gasteiger partial charge in [-0.25, -0.2) is 8.42 Å². The van der Waals surface area contributed by atoms with Gasteiger partial charge in [-0.05, 0) is 56.0 Å². The van der Waals surface area contributed by atoms with Gasteiger partial charge in [0.2, 0.25) is 21.8 Å². The van der Waals surface area contributed by atoms with Crippen LogP contribution in [0.25, 0.3) is 0 Å². The molecule has 1 aliphatic rings. The molecule has 0 saturated heterocycles. The fraction of sp³-hybridized carbons (Fsp3) is 0.481. The Balaban J connectivity index is 1.82. The van der Waals surface area contributed by atoms with Crippen LogP contribution in [0.4, 0.5) is 5.69 Å². The van der Waals surface area contributed by atoms with Crippen LogP contribution in [0.2, 0.25) is 20.1 Å². The summed E-state index contributed by atoms with van der Waals surface area (Å²) in [5.74, 6) is -0.533. The molecule has 0 bridgehead atoms. The van der Waals surface area contributed by atoms with Gasteiger partial charge in [0.05, 0.1) is 17.0 Å². The first kappa shape index (κ1) is 31.8. The van der Waals surface area contributed by atoms with E-state index in [0.717, 1.165) is 36.2 Å². The minimum Gasteiger partial charge on any atom is -0.352 e. The summed E-state index contributed by atoms with van der Waals surface area (Å²) in [6.07, 6.45) is 5.58. The van der Waals surface area contributed by atoms with E-state index in [4.69, 9.17) is 46.4 Å². The van der Waals surface area contributed by atoms with E-state index in [9.17, 15) is 18.0 Å². The average Bonchev–Trinajstić information content (AvgIpc) is 3.37. The highest BCUT2D eigenvalue weighted by atomic mass is 35.5. The smallest absolute Gasteiger partial charge is 0.243 e. The Bertz CT molecular complexity index is 1270. The molecule has 12 heteroatoms. The van der Waals surface area contributed by atoms with Crippen LogP contribution in [-0.2, 0) is 26.2 Å². The lowest BCUT2D eigenvalue weighted by atomic mass is 10.1. The summed E-state index contributed by atoms with van der Waals surface area (Å²) >= 11 is 25.2. The number of nitrogens with one attached hydrogen (secondary N) is 1. The number of amides is 2. The molecule has 3 rings (SSSR count). The molecule has 214 valence electrons. The van der Waals surface area contributed by atoms with Gasteiger partial charge in [-0.3, -0.25) is 13.9 Å². The molecular weight excluding hydrogens is 604 g/mol. The van der Waals surface area contributed by atoms with Gasteiger partial charge in [-0.1, -0.05) is 72.2 Å². The van der Waals surface area contributed by atoms with Crippen LogP contribution in [0, 0.1) is 0 Å². The van der Waals surface area contributed by atoms with E-state index in [2.05, 4.69) is 5.32 Å². The van der Waals surface area contributed by atoms with Crippen molar-refractivity contribution in [3.05, 3.63) is 62.1 Å². The lowest BCUT2D eigenvalue weighted by Crippen LogP contribution is -2.51. The van der Waals surface area contributed by atoms with Gasteiger partial charge >= 0.3 is 0 Å². The van der Waals surface area contributed by atoms with E-state index in [-0.39, 0.29) is 54.5 Å². The first-order chi connectivity index (χ1) is 18.4. The van der Waals surface area contributed by atoms with Crippen LogP contribution < -0.4 is 9.62 Å². The Morgan fingerprint density at radius 1 is 1.03 bits per heavy atom. The molecule has 2 aromatic rings. The average molecular weight is 637 g/mol. The number of benzene rings is 2. The molecule has 0 aromatic heterocycles. The van der Waals surface area contributed by atoms with Gasteiger partial charge in [0.25, 0.3) is 0 Å². The van der Waals surface area contributed by atoms with E-state index in [1.54, 1.807) is 24.3 Å². The number of rotatable bonds is 12. The van der Waals surface area contributed by atoms with E-state index in [1.807, 2.05) is 6.92 Å². The minimum atomic E-state index is -3.72. The monoisotopic (exact) mass is 635 g/mol. The predicted molar refractivity (Wildman–Crippen MR) is 159 cm³/mol. The molecule has 7 nitrogen and oxygen atoms in total.